The van der Waals surface area contributed by atoms with Gasteiger partial charge < -0.3 is 5.32 Å². The Labute approximate surface area is 113 Å². The van der Waals surface area contributed by atoms with Gasteiger partial charge in [0.05, 0.1) is 0 Å². The van der Waals surface area contributed by atoms with Gasteiger partial charge in [0.25, 0.3) is 5.91 Å². The summed E-state index contributed by atoms with van der Waals surface area (Å²) in [5, 5.41) is 7.07. The van der Waals surface area contributed by atoms with Crippen molar-refractivity contribution in [3.63, 3.8) is 0 Å². The van der Waals surface area contributed by atoms with E-state index in [0.717, 1.165) is 12.8 Å². The fourth-order valence-electron chi connectivity index (χ4n) is 2.55. The zero-order chi connectivity index (χ0) is 13.0. The van der Waals surface area contributed by atoms with Crippen LogP contribution in [0.5, 0.6) is 0 Å². The van der Waals surface area contributed by atoms with Gasteiger partial charge in [0, 0.05) is 31.1 Å². The van der Waals surface area contributed by atoms with Crippen LogP contribution >= 0.6 is 11.6 Å². The number of alkyl halides is 1. The van der Waals surface area contributed by atoms with Crippen LogP contribution in [0, 0.1) is 5.41 Å². The predicted octanol–water partition coefficient (Wildman–Crippen LogP) is 2.34. The maximum absolute atomic E-state index is 11.9. The molecule has 0 spiro atoms. The number of rotatable bonds is 4. The Kier molecular flexibility index (Phi) is 4.27. The van der Waals surface area contributed by atoms with Gasteiger partial charge in [0.2, 0.25) is 0 Å². The van der Waals surface area contributed by atoms with E-state index in [0.29, 0.717) is 18.1 Å². The third-order valence-corrected chi connectivity index (χ3v) is 4.33. The number of nitrogens with zero attached hydrogens (tertiary/aromatic N) is 2. The molecule has 1 aromatic rings. The lowest BCUT2D eigenvalue weighted by Crippen LogP contribution is -2.40. The minimum Gasteiger partial charge on any atom is -0.350 e. The molecule has 5 heteroatoms. The van der Waals surface area contributed by atoms with Crippen LogP contribution in [-0.2, 0) is 7.05 Å². The Bertz CT molecular complexity index is 410. The van der Waals surface area contributed by atoms with E-state index in [1.54, 1.807) is 24.0 Å². The first kappa shape index (κ1) is 13.4. The molecule has 18 heavy (non-hydrogen) atoms. The predicted molar refractivity (Wildman–Crippen MR) is 71.8 cm³/mol. The van der Waals surface area contributed by atoms with Crippen molar-refractivity contribution in [2.45, 2.75) is 32.1 Å². The van der Waals surface area contributed by atoms with Crippen LogP contribution in [0.1, 0.15) is 42.6 Å². The molecule has 0 saturated heterocycles. The zero-order valence-electron chi connectivity index (χ0n) is 10.8. The second-order valence-corrected chi connectivity index (χ2v) is 5.52. The van der Waals surface area contributed by atoms with Gasteiger partial charge >= 0.3 is 0 Å². The molecule has 0 bridgehead atoms. The second kappa shape index (κ2) is 5.74. The molecule has 4 nitrogen and oxygen atoms in total. The van der Waals surface area contributed by atoms with Crippen LogP contribution in [0.2, 0.25) is 0 Å². The first-order valence-electron chi connectivity index (χ1n) is 6.49. The van der Waals surface area contributed by atoms with Crippen molar-refractivity contribution >= 4 is 17.5 Å². The molecule has 0 radical (unpaired) electrons. The average Bonchev–Trinajstić information content (AvgIpc) is 2.84. The van der Waals surface area contributed by atoms with E-state index in [1.807, 2.05) is 0 Å². The molecule has 0 aromatic carbocycles. The summed E-state index contributed by atoms with van der Waals surface area (Å²) >= 11 is 6.10. The minimum absolute atomic E-state index is 0.0875. The van der Waals surface area contributed by atoms with E-state index < -0.39 is 0 Å². The van der Waals surface area contributed by atoms with Gasteiger partial charge in [-0.25, -0.2) is 0 Å². The summed E-state index contributed by atoms with van der Waals surface area (Å²) in [6, 6.07) is 1.73. The highest BCUT2D eigenvalue weighted by atomic mass is 35.5. The van der Waals surface area contributed by atoms with Crippen LogP contribution in [0.25, 0.3) is 0 Å². The normalized spacial score (nSPS) is 18.6. The first-order chi connectivity index (χ1) is 8.65. The van der Waals surface area contributed by atoms with E-state index in [9.17, 15) is 4.79 Å². The fourth-order valence-corrected chi connectivity index (χ4v) is 2.92. The van der Waals surface area contributed by atoms with E-state index in [1.165, 1.54) is 19.3 Å². The van der Waals surface area contributed by atoms with Crippen LogP contribution in [0.3, 0.4) is 0 Å². The molecule has 2 rings (SSSR count). The van der Waals surface area contributed by atoms with Gasteiger partial charge in [0.1, 0.15) is 5.69 Å². The van der Waals surface area contributed by atoms with E-state index >= 15 is 0 Å². The van der Waals surface area contributed by atoms with Crippen LogP contribution in [0.15, 0.2) is 12.3 Å². The van der Waals surface area contributed by atoms with Crippen molar-refractivity contribution in [2.75, 3.05) is 12.4 Å². The summed E-state index contributed by atoms with van der Waals surface area (Å²) in [4.78, 5) is 11.9. The highest BCUT2D eigenvalue weighted by molar-refractivity contribution is 6.18. The summed E-state index contributed by atoms with van der Waals surface area (Å²) < 4.78 is 1.63. The largest absolute Gasteiger partial charge is 0.350 e. The molecule has 1 N–H and O–H groups in total. The lowest BCUT2D eigenvalue weighted by atomic mass is 9.75. The van der Waals surface area contributed by atoms with Gasteiger partial charge in [-0.2, -0.15) is 5.10 Å². The molecule has 1 saturated carbocycles. The van der Waals surface area contributed by atoms with Crippen molar-refractivity contribution in [1.82, 2.24) is 15.1 Å². The maximum atomic E-state index is 11.9. The van der Waals surface area contributed by atoms with Crippen molar-refractivity contribution in [3.05, 3.63) is 18.0 Å². The summed E-state index contributed by atoms with van der Waals surface area (Å²) in [5.74, 6) is 0.515. The topological polar surface area (TPSA) is 46.9 Å². The minimum atomic E-state index is -0.106. The molecule has 1 amide bonds. The first-order valence-corrected chi connectivity index (χ1v) is 7.02. The average molecular weight is 270 g/mol. The smallest absolute Gasteiger partial charge is 0.271 e. The quantitative estimate of drug-likeness (QED) is 0.853. The highest BCUT2D eigenvalue weighted by Gasteiger charge is 2.31. The molecule has 0 aliphatic heterocycles. The Hall–Kier alpha value is -1.03. The van der Waals surface area contributed by atoms with Crippen LogP contribution < -0.4 is 5.32 Å². The standard InChI is InChI=1S/C13H20ClN3O/c1-17-8-5-11(16-17)12(18)15-10-13(9-14)6-3-2-4-7-13/h5,8H,2-4,6-7,9-10H2,1H3,(H,15,18). The van der Waals surface area contributed by atoms with Gasteiger partial charge in [-0.05, 0) is 18.9 Å². The number of halogens is 1. The number of hydrogen-bond donors (Lipinski definition) is 1. The van der Waals surface area contributed by atoms with E-state index in [2.05, 4.69) is 10.4 Å². The number of carbonyl (C=O) groups excluding carboxylic acids is 1. The number of carbonyl (C=O) groups is 1. The van der Waals surface area contributed by atoms with Crippen molar-refractivity contribution in [3.8, 4) is 0 Å². The maximum Gasteiger partial charge on any atom is 0.271 e. The lowest BCUT2D eigenvalue weighted by molar-refractivity contribution is 0.0915. The Balaban J connectivity index is 1.91. The Morgan fingerprint density at radius 1 is 1.50 bits per heavy atom. The Morgan fingerprint density at radius 2 is 2.22 bits per heavy atom. The SMILES string of the molecule is Cn1ccc(C(=O)NCC2(CCl)CCCCC2)n1. The van der Waals surface area contributed by atoms with Crippen LogP contribution in [-0.4, -0.2) is 28.1 Å². The van der Waals surface area contributed by atoms with E-state index in [-0.39, 0.29) is 11.3 Å². The van der Waals surface area contributed by atoms with Gasteiger partial charge in [-0.3, -0.25) is 9.48 Å². The number of hydrogen-bond acceptors (Lipinski definition) is 2. The van der Waals surface area contributed by atoms with Crippen molar-refractivity contribution in [2.24, 2.45) is 12.5 Å². The van der Waals surface area contributed by atoms with Crippen molar-refractivity contribution < 1.29 is 4.79 Å². The van der Waals surface area contributed by atoms with E-state index in [4.69, 9.17) is 11.6 Å². The summed E-state index contributed by atoms with van der Waals surface area (Å²) in [6.45, 7) is 0.659. The molecule has 0 unspecified atom stereocenters. The fraction of sp³-hybridized carbons (Fsp3) is 0.692. The molecular weight excluding hydrogens is 250 g/mol. The molecule has 0 atom stereocenters. The van der Waals surface area contributed by atoms with Gasteiger partial charge in [-0.15, -0.1) is 11.6 Å². The second-order valence-electron chi connectivity index (χ2n) is 5.25. The number of aromatic nitrogens is 2. The van der Waals surface area contributed by atoms with Crippen LogP contribution in [0.4, 0.5) is 0 Å². The third-order valence-electron chi connectivity index (χ3n) is 3.77. The zero-order valence-corrected chi connectivity index (χ0v) is 11.5. The number of amides is 1. The lowest BCUT2D eigenvalue weighted by Gasteiger charge is -2.35. The third kappa shape index (κ3) is 3.05. The molecule has 1 fully saturated rings. The molecule has 1 heterocycles. The molecule has 100 valence electrons. The molecule has 1 aliphatic carbocycles. The van der Waals surface area contributed by atoms with Gasteiger partial charge in [-0.1, -0.05) is 19.3 Å². The summed E-state index contributed by atoms with van der Waals surface area (Å²) in [5.41, 5.74) is 0.558. The number of aryl methyl sites for hydroxylation is 1. The number of nitrogens with one attached hydrogen (secondary N) is 1. The van der Waals surface area contributed by atoms with Crippen molar-refractivity contribution in [1.29, 1.82) is 0 Å². The summed E-state index contributed by atoms with van der Waals surface area (Å²) in [7, 11) is 1.80. The van der Waals surface area contributed by atoms with Gasteiger partial charge in [0.15, 0.2) is 0 Å². The molecule has 1 aliphatic rings. The Morgan fingerprint density at radius 3 is 2.78 bits per heavy atom. The molecule has 1 aromatic heterocycles. The monoisotopic (exact) mass is 269 g/mol. The highest BCUT2D eigenvalue weighted by Crippen LogP contribution is 2.36. The molecular formula is C13H20ClN3O. The summed E-state index contributed by atoms with van der Waals surface area (Å²) in [6.07, 6.45) is 7.70.